The van der Waals surface area contributed by atoms with Gasteiger partial charge >= 0.3 is 0 Å². The van der Waals surface area contributed by atoms with Crippen LogP contribution in [0, 0.1) is 5.82 Å². The lowest BCUT2D eigenvalue weighted by Gasteiger charge is -2.11. The molecule has 0 bridgehead atoms. The van der Waals surface area contributed by atoms with Crippen molar-refractivity contribution in [2.75, 3.05) is 7.11 Å². The number of ether oxygens (including phenoxy) is 1. The summed E-state index contributed by atoms with van der Waals surface area (Å²) in [6.07, 6.45) is 1.84. The Kier molecular flexibility index (Phi) is 4.92. The van der Waals surface area contributed by atoms with Crippen molar-refractivity contribution in [3.8, 4) is 28.3 Å². The van der Waals surface area contributed by atoms with E-state index in [1.807, 2.05) is 54.7 Å². The Bertz CT molecular complexity index is 1360. The standard InChI is InChI=1S/C26H20FN3O/c1-31-23-12-6-10-20(14-23)26-29-25-24(30(26)17-18-7-5-11-22(27)13-18)15-21(16-28-25)19-8-3-2-4-9-19/h2-16H,17H2,1H3. The second-order valence-corrected chi connectivity index (χ2v) is 7.32. The number of fused-ring (bicyclic) bond motifs is 1. The molecule has 0 saturated carbocycles. The van der Waals surface area contributed by atoms with Crippen LogP contribution in [0.3, 0.4) is 0 Å². The molecule has 0 spiro atoms. The van der Waals surface area contributed by atoms with Crippen molar-refractivity contribution in [1.29, 1.82) is 0 Å². The molecule has 0 atom stereocenters. The van der Waals surface area contributed by atoms with Crippen molar-refractivity contribution in [1.82, 2.24) is 14.5 Å². The third-order valence-corrected chi connectivity index (χ3v) is 5.27. The summed E-state index contributed by atoms with van der Waals surface area (Å²) in [6, 6.07) is 26.6. The normalized spacial score (nSPS) is 11.0. The first-order valence-electron chi connectivity index (χ1n) is 10.0. The van der Waals surface area contributed by atoms with Crippen LogP contribution in [0.1, 0.15) is 5.56 Å². The fourth-order valence-corrected chi connectivity index (χ4v) is 3.75. The van der Waals surface area contributed by atoms with Gasteiger partial charge in [-0.3, -0.25) is 0 Å². The maximum atomic E-state index is 13.9. The largest absolute Gasteiger partial charge is 0.497 e. The molecule has 0 radical (unpaired) electrons. The number of imidazole rings is 1. The molecule has 0 aliphatic carbocycles. The number of pyridine rings is 1. The molecule has 0 fully saturated rings. The van der Waals surface area contributed by atoms with Crippen LogP contribution in [0.4, 0.5) is 4.39 Å². The Labute approximate surface area is 179 Å². The van der Waals surface area contributed by atoms with Crippen LogP contribution in [-0.4, -0.2) is 21.6 Å². The minimum Gasteiger partial charge on any atom is -0.497 e. The van der Waals surface area contributed by atoms with E-state index in [1.165, 1.54) is 6.07 Å². The number of aromatic nitrogens is 3. The molecule has 0 aliphatic heterocycles. The summed E-state index contributed by atoms with van der Waals surface area (Å²) in [5.74, 6) is 1.25. The molecule has 5 aromatic rings. The van der Waals surface area contributed by atoms with Gasteiger partial charge in [-0.15, -0.1) is 0 Å². The van der Waals surface area contributed by atoms with Crippen LogP contribution in [-0.2, 0) is 6.54 Å². The average molecular weight is 409 g/mol. The minimum absolute atomic E-state index is 0.257. The lowest BCUT2D eigenvalue weighted by molar-refractivity contribution is 0.415. The summed E-state index contributed by atoms with van der Waals surface area (Å²) in [4.78, 5) is 9.44. The third-order valence-electron chi connectivity index (χ3n) is 5.27. The minimum atomic E-state index is -0.257. The summed E-state index contributed by atoms with van der Waals surface area (Å²) < 4.78 is 21.3. The Morgan fingerprint density at radius 2 is 1.65 bits per heavy atom. The first kappa shape index (κ1) is 19.0. The quantitative estimate of drug-likeness (QED) is 0.359. The number of halogens is 1. The summed E-state index contributed by atoms with van der Waals surface area (Å²) in [6.45, 7) is 0.473. The van der Waals surface area contributed by atoms with Gasteiger partial charge in [0.15, 0.2) is 5.65 Å². The number of benzene rings is 3. The molecule has 2 aromatic heterocycles. The SMILES string of the molecule is COc1cccc(-c2nc3ncc(-c4ccccc4)cc3n2Cc2cccc(F)c2)c1. The number of nitrogens with zero attached hydrogens (tertiary/aromatic N) is 3. The van der Waals surface area contributed by atoms with Crippen LogP contribution in [0.5, 0.6) is 5.75 Å². The molecule has 31 heavy (non-hydrogen) atoms. The first-order chi connectivity index (χ1) is 15.2. The van der Waals surface area contributed by atoms with Gasteiger partial charge in [0.1, 0.15) is 17.4 Å². The van der Waals surface area contributed by atoms with Crippen molar-refractivity contribution in [3.63, 3.8) is 0 Å². The van der Waals surface area contributed by atoms with Crippen molar-refractivity contribution in [2.45, 2.75) is 6.54 Å². The van der Waals surface area contributed by atoms with Crippen molar-refractivity contribution in [3.05, 3.63) is 103 Å². The van der Waals surface area contributed by atoms with E-state index >= 15 is 0 Å². The molecular weight excluding hydrogens is 389 g/mol. The molecule has 2 heterocycles. The third kappa shape index (κ3) is 3.78. The number of hydrogen-bond acceptors (Lipinski definition) is 3. The highest BCUT2D eigenvalue weighted by Gasteiger charge is 2.16. The number of hydrogen-bond donors (Lipinski definition) is 0. The fraction of sp³-hybridized carbons (Fsp3) is 0.0769. The fourth-order valence-electron chi connectivity index (χ4n) is 3.75. The van der Waals surface area contributed by atoms with Crippen LogP contribution in [0.15, 0.2) is 91.1 Å². The van der Waals surface area contributed by atoms with E-state index in [2.05, 4.69) is 27.8 Å². The molecule has 0 amide bonds. The van der Waals surface area contributed by atoms with Crippen LogP contribution < -0.4 is 4.74 Å². The highest BCUT2D eigenvalue weighted by Crippen LogP contribution is 2.30. The molecule has 5 heteroatoms. The van der Waals surface area contributed by atoms with E-state index < -0.39 is 0 Å². The lowest BCUT2D eigenvalue weighted by Crippen LogP contribution is -2.03. The van der Waals surface area contributed by atoms with E-state index in [0.29, 0.717) is 12.2 Å². The van der Waals surface area contributed by atoms with E-state index in [4.69, 9.17) is 9.72 Å². The van der Waals surface area contributed by atoms with E-state index in [1.54, 1.807) is 19.2 Å². The Balaban J connectivity index is 1.71. The molecule has 0 N–H and O–H groups in total. The topological polar surface area (TPSA) is 39.9 Å². The first-order valence-corrected chi connectivity index (χ1v) is 10.0. The summed E-state index contributed by atoms with van der Waals surface area (Å²) in [5, 5.41) is 0. The van der Waals surface area contributed by atoms with Crippen LogP contribution >= 0.6 is 0 Å². The van der Waals surface area contributed by atoms with Crippen molar-refractivity contribution >= 4 is 11.2 Å². The average Bonchev–Trinajstić information content (AvgIpc) is 3.17. The monoisotopic (exact) mass is 409 g/mol. The van der Waals surface area contributed by atoms with Gasteiger partial charge in [0.2, 0.25) is 0 Å². The summed E-state index contributed by atoms with van der Waals surface area (Å²) in [5.41, 5.74) is 5.39. The molecule has 0 aliphatic rings. The van der Waals surface area contributed by atoms with Gasteiger partial charge in [-0.25, -0.2) is 14.4 Å². The summed E-state index contributed by atoms with van der Waals surface area (Å²) >= 11 is 0. The summed E-state index contributed by atoms with van der Waals surface area (Å²) in [7, 11) is 1.64. The Morgan fingerprint density at radius 3 is 2.45 bits per heavy atom. The van der Waals surface area contributed by atoms with Crippen LogP contribution in [0.2, 0.25) is 0 Å². The highest BCUT2D eigenvalue weighted by atomic mass is 19.1. The predicted molar refractivity (Wildman–Crippen MR) is 120 cm³/mol. The van der Waals surface area contributed by atoms with Gasteiger partial charge in [-0.2, -0.15) is 0 Å². The molecule has 152 valence electrons. The maximum Gasteiger partial charge on any atom is 0.178 e. The zero-order valence-corrected chi connectivity index (χ0v) is 17.0. The van der Waals surface area contributed by atoms with E-state index in [9.17, 15) is 4.39 Å². The van der Waals surface area contributed by atoms with Gasteiger partial charge in [-0.05, 0) is 41.5 Å². The van der Waals surface area contributed by atoms with E-state index in [0.717, 1.165) is 39.3 Å². The lowest BCUT2D eigenvalue weighted by atomic mass is 10.1. The van der Waals surface area contributed by atoms with Gasteiger partial charge in [-0.1, -0.05) is 54.6 Å². The van der Waals surface area contributed by atoms with Crippen LogP contribution in [0.25, 0.3) is 33.7 Å². The molecule has 3 aromatic carbocycles. The van der Waals surface area contributed by atoms with Gasteiger partial charge < -0.3 is 9.30 Å². The van der Waals surface area contributed by atoms with Crippen molar-refractivity contribution < 1.29 is 9.13 Å². The van der Waals surface area contributed by atoms with Gasteiger partial charge in [0.05, 0.1) is 12.6 Å². The molecule has 4 nitrogen and oxygen atoms in total. The molecule has 0 saturated heterocycles. The molecule has 0 unspecified atom stereocenters. The maximum absolute atomic E-state index is 13.9. The smallest absolute Gasteiger partial charge is 0.178 e. The highest BCUT2D eigenvalue weighted by molar-refractivity contribution is 5.82. The zero-order chi connectivity index (χ0) is 21.2. The predicted octanol–water partition coefficient (Wildman–Crippen LogP) is 5.96. The molecule has 5 rings (SSSR count). The van der Waals surface area contributed by atoms with Gasteiger partial charge in [0, 0.05) is 23.9 Å². The zero-order valence-electron chi connectivity index (χ0n) is 17.0. The van der Waals surface area contributed by atoms with E-state index in [-0.39, 0.29) is 5.82 Å². The number of methoxy groups -OCH3 is 1. The van der Waals surface area contributed by atoms with Crippen molar-refractivity contribution in [2.24, 2.45) is 0 Å². The Morgan fingerprint density at radius 1 is 0.839 bits per heavy atom. The molecular formula is C26H20FN3O. The number of rotatable bonds is 5. The second-order valence-electron chi connectivity index (χ2n) is 7.32. The van der Waals surface area contributed by atoms with Gasteiger partial charge in [0.25, 0.3) is 0 Å². The second kappa shape index (κ2) is 8.03. The Hall–Kier alpha value is -3.99.